The van der Waals surface area contributed by atoms with E-state index < -0.39 is 11.9 Å². The fourth-order valence-electron chi connectivity index (χ4n) is 1.68. The van der Waals surface area contributed by atoms with Crippen LogP contribution in [-0.4, -0.2) is 50.3 Å². The third-order valence-electron chi connectivity index (χ3n) is 2.99. The van der Waals surface area contributed by atoms with Crippen LogP contribution in [0.25, 0.3) is 0 Å². The molecule has 96 valence electrons. The zero-order chi connectivity index (χ0) is 13.1. The van der Waals surface area contributed by atoms with Crippen LogP contribution < -0.4 is 5.32 Å². The number of amides is 2. The molecule has 1 saturated heterocycles. The van der Waals surface area contributed by atoms with Gasteiger partial charge >= 0.3 is 12.0 Å². The molecule has 0 bridgehead atoms. The highest BCUT2D eigenvalue weighted by Gasteiger charge is 2.37. The normalized spacial score (nSPS) is 16.8. The molecule has 8 heteroatoms. The van der Waals surface area contributed by atoms with E-state index in [4.69, 9.17) is 5.11 Å². The van der Waals surface area contributed by atoms with E-state index in [9.17, 15) is 9.59 Å². The maximum Gasteiger partial charge on any atom is 0.324 e. The molecule has 2 rings (SSSR count). The summed E-state index contributed by atoms with van der Waals surface area (Å²) in [7, 11) is 0. The summed E-state index contributed by atoms with van der Waals surface area (Å²) in [6.45, 7) is 2.51. The fraction of sp³-hybridized carbons (Fsp3) is 0.500. The first kappa shape index (κ1) is 12.2. The number of aliphatic carboxylic acids is 1. The van der Waals surface area contributed by atoms with Crippen LogP contribution >= 0.6 is 0 Å². The minimum atomic E-state index is -0.837. The third kappa shape index (κ3) is 2.53. The highest BCUT2D eigenvalue weighted by Crippen LogP contribution is 2.24. The molecule has 1 aromatic heterocycles. The quantitative estimate of drug-likeness (QED) is 0.786. The van der Waals surface area contributed by atoms with Gasteiger partial charge in [0.1, 0.15) is 0 Å². The maximum atomic E-state index is 11.7. The molecule has 2 amide bonds. The molecule has 0 radical (unpaired) electrons. The summed E-state index contributed by atoms with van der Waals surface area (Å²) in [5.41, 5.74) is 0. The zero-order valence-electron chi connectivity index (χ0n) is 9.78. The summed E-state index contributed by atoms with van der Waals surface area (Å²) in [6.07, 6.45) is 2.83. The van der Waals surface area contributed by atoms with Gasteiger partial charge in [-0.2, -0.15) is 5.10 Å². The second kappa shape index (κ2) is 4.94. The van der Waals surface area contributed by atoms with Crippen molar-refractivity contribution in [1.29, 1.82) is 0 Å². The summed E-state index contributed by atoms with van der Waals surface area (Å²) >= 11 is 0. The number of hydrogen-bond acceptors (Lipinski definition) is 5. The third-order valence-corrected chi connectivity index (χ3v) is 2.99. The zero-order valence-corrected chi connectivity index (χ0v) is 9.78. The molecule has 18 heavy (non-hydrogen) atoms. The summed E-state index contributed by atoms with van der Waals surface area (Å²) < 4.78 is 0. The SMILES string of the molecule is CC(C(=O)O)C1CN(C(=O)Nc2nccnn2)C1. The van der Waals surface area contributed by atoms with E-state index in [0.717, 1.165) is 0 Å². The van der Waals surface area contributed by atoms with Gasteiger partial charge in [0.2, 0.25) is 0 Å². The average Bonchev–Trinajstić information content (AvgIpc) is 2.28. The number of carboxylic acids is 1. The van der Waals surface area contributed by atoms with E-state index in [0.29, 0.717) is 13.1 Å². The molecule has 0 aliphatic carbocycles. The Labute approximate surface area is 103 Å². The Morgan fingerprint density at radius 3 is 2.78 bits per heavy atom. The summed E-state index contributed by atoms with van der Waals surface area (Å²) in [4.78, 5) is 27.8. The largest absolute Gasteiger partial charge is 0.481 e. The van der Waals surface area contributed by atoms with Crippen molar-refractivity contribution in [2.24, 2.45) is 11.8 Å². The lowest BCUT2D eigenvalue weighted by atomic mass is 9.87. The van der Waals surface area contributed by atoms with Crippen LogP contribution in [0, 0.1) is 11.8 Å². The Bertz CT molecular complexity index is 446. The molecule has 0 spiro atoms. The molecule has 1 unspecified atom stereocenters. The molecule has 1 aliphatic heterocycles. The summed E-state index contributed by atoms with van der Waals surface area (Å²) in [5, 5.41) is 18.5. The summed E-state index contributed by atoms with van der Waals surface area (Å²) in [6, 6.07) is -0.336. The topological polar surface area (TPSA) is 108 Å². The van der Waals surface area contributed by atoms with Gasteiger partial charge in [0.25, 0.3) is 5.95 Å². The predicted molar refractivity (Wildman–Crippen MR) is 60.7 cm³/mol. The molecular weight excluding hydrogens is 238 g/mol. The average molecular weight is 251 g/mol. The number of urea groups is 1. The van der Waals surface area contributed by atoms with Crippen LogP contribution in [0.5, 0.6) is 0 Å². The number of carboxylic acid groups (broad SMARTS) is 1. The van der Waals surface area contributed by atoms with E-state index in [2.05, 4.69) is 20.5 Å². The number of hydrogen-bond donors (Lipinski definition) is 2. The lowest BCUT2D eigenvalue weighted by molar-refractivity contribution is -0.144. The molecule has 0 aromatic carbocycles. The second-order valence-corrected chi connectivity index (χ2v) is 4.19. The minimum absolute atomic E-state index is 0.00284. The molecule has 8 nitrogen and oxygen atoms in total. The Balaban J connectivity index is 1.82. The molecule has 1 atom stereocenters. The van der Waals surface area contributed by atoms with Gasteiger partial charge in [0.05, 0.1) is 18.3 Å². The monoisotopic (exact) mass is 251 g/mol. The van der Waals surface area contributed by atoms with Gasteiger partial charge in [-0.25, -0.2) is 9.78 Å². The highest BCUT2D eigenvalue weighted by atomic mass is 16.4. The van der Waals surface area contributed by atoms with Crippen LogP contribution in [-0.2, 0) is 4.79 Å². The number of rotatable bonds is 3. The molecule has 1 aliphatic rings. The van der Waals surface area contributed by atoms with Crippen molar-refractivity contribution in [2.75, 3.05) is 18.4 Å². The lowest BCUT2D eigenvalue weighted by Crippen LogP contribution is -2.54. The van der Waals surface area contributed by atoms with Gasteiger partial charge in [-0.05, 0) is 0 Å². The van der Waals surface area contributed by atoms with Gasteiger partial charge in [0, 0.05) is 19.0 Å². The smallest absolute Gasteiger partial charge is 0.324 e. The Morgan fingerprint density at radius 2 is 2.22 bits per heavy atom. The number of anilines is 1. The van der Waals surface area contributed by atoms with Gasteiger partial charge < -0.3 is 10.0 Å². The maximum absolute atomic E-state index is 11.7. The van der Waals surface area contributed by atoms with Crippen LogP contribution in [0.3, 0.4) is 0 Å². The number of carbonyl (C=O) groups is 2. The number of aromatic nitrogens is 3. The molecule has 1 fully saturated rings. The van der Waals surface area contributed by atoms with Crippen molar-refractivity contribution in [1.82, 2.24) is 20.1 Å². The minimum Gasteiger partial charge on any atom is -0.481 e. The van der Waals surface area contributed by atoms with Crippen LogP contribution in [0.15, 0.2) is 12.4 Å². The molecule has 2 heterocycles. The molecular formula is C10H13N5O3. The van der Waals surface area contributed by atoms with E-state index in [1.54, 1.807) is 6.92 Å². The van der Waals surface area contributed by atoms with Gasteiger partial charge in [-0.15, -0.1) is 5.10 Å². The Kier molecular flexibility index (Phi) is 3.35. The van der Waals surface area contributed by atoms with Crippen LogP contribution in [0.2, 0.25) is 0 Å². The van der Waals surface area contributed by atoms with Crippen molar-refractivity contribution in [3.05, 3.63) is 12.4 Å². The predicted octanol–water partition coefficient (Wildman–Crippen LogP) is 0.0560. The number of nitrogens with one attached hydrogen (secondary N) is 1. The standard InChI is InChI=1S/C10H13N5O3/c1-6(8(16)17)7-4-15(5-7)10(18)13-9-11-2-3-12-14-9/h2-3,6-7H,4-5H2,1H3,(H,16,17)(H,11,13,14,18). The second-order valence-electron chi connectivity index (χ2n) is 4.19. The fourth-order valence-corrected chi connectivity index (χ4v) is 1.68. The van der Waals surface area contributed by atoms with E-state index in [1.165, 1.54) is 17.3 Å². The van der Waals surface area contributed by atoms with Gasteiger partial charge in [0.15, 0.2) is 0 Å². The van der Waals surface area contributed by atoms with E-state index in [1.807, 2.05) is 0 Å². The van der Waals surface area contributed by atoms with E-state index >= 15 is 0 Å². The molecule has 1 aromatic rings. The van der Waals surface area contributed by atoms with Crippen LogP contribution in [0.1, 0.15) is 6.92 Å². The Hall–Kier alpha value is -2.25. The van der Waals surface area contributed by atoms with Crippen molar-refractivity contribution in [3.8, 4) is 0 Å². The van der Waals surface area contributed by atoms with E-state index in [-0.39, 0.29) is 17.9 Å². The molecule has 0 saturated carbocycles. The van der Waals surface area contributed by atoms with Crippen LogP contribution in [0.4, 0.5) is 10.7 Å². The molecule has 2 N–H and O–H groups in total. The number of likely N-dealkylation sites (tertiary alicyclic amines) is 1. The summed E-state index contributed by atoms with van der Waals surface area (Å²) in [5.74, 6) is -1.14. The van der Waals surface area contributed by atoms with Crippen molar-refractivity contribution < 1.29 is 14.7 Å². The van der Waals surface area contributed by atoms with Crippen molar-refractivity contribution in [3.63, 3.8) is 0 Å². The van der Waals surface area contributed by atoms with Crippen molar-refractivity contribution in [2.45, 2.75) is 6.92 Å². The lowest BCUT2D eigenvalue weighted by Gasteiger charge is -2.40. The number of carbonyl (C=O) groups excluding carboxylic acids is 1. The van der Waals surface area contributed by atoms with Crippen molar-refractivity contribution >= 4 is 17.9 Å². The van der Waals surface area contributed by atoms with Gasteiger partial charge in [-0.3, -0.25) is 10.1 Å². The Morgan fingerprint density at radius 1 is 1.50 bits per heavy atom. The first-order chi connectivity index (χ1) is 8.58. The number of nitrogens with zero attached hydrogens (tertiary/aromatic N) is 4. The highest BCUT2D eigenvalue weighted by molar-refractivity contribution is 5.88. The first-order valence-electron chi connectivity index (χ1n) is 5.50. The first-order valence-corrected chi connectivity index (χ1v) is 5.50. The van der Waals surface area contributed by atoms with Gasteiger partial charge in [-0.1, -0.05) is 6.92 Å².